The zero-order chi connectivity index (χ0) is 17.9. The highest BCUT2D eigenvalue weighted by Crippen LogP contribution is 2.25. The van der Waals surface area contributed by atoms with Crippen LogP contribution >= 0.6 is 11.3 Å². The summed E-state index contributed by atoms with van der Waals surface area (Å²) in [4.78, 5) is 8.53. The summed E-state index contributed by atoms with van der Waals surface area (Å²) in [5.74, 6) is 0.361. The quantitative estimate of drug-likeness (QED) is 0.653. The molecule has 3 aromatic rings. The Kier molecular flexibility index (Phi) is 5.14. The van der Waals surface area contributed by atoms with Crippen molar-refractivity contribution in [2.24, 2.45) is 0 Å². The summed E-state index contributed by atoms with van der Waals surface area (Å²) in [5, 5.41) is 6.37. The first-order valence-electron chi connectivity index (χ1n) is 7.36. The van der Waals surface area contributed by atoms with Gasteiger partial charge in [-0.25, -0.2) is 4.98 Å². The van der Waals surface area contributed by atoms with Crippen LogP contribution in [0.25, 0.3) is 10.6 Å². The highest BCUT2D eigenvalue weighted by atomic mass is 32.1. The number of benzene rings is 1. The van der Waals surface area contributed by atoms with Crippen molar-refractivity contribution in [3.8, 4) is 10.6 Å². The number of nitrogens with zero attached hydrogens (tertiary/aromatic N) is 3. The van der Waals surface area contributed by atoms with Gasteiger partial charge in [-0.1, -0.05) is 35.0 Å². The second-order valence-electron chi connectivity index (χ2n) is 5.40. The summed E-state index contributed by atoms with van der Waals surface area (Å²) >= 11 is 1.50. The topological polar surface area (TPSA) is 61.0 Å². The van der Waals surface area contributed by atoms with Crippen LogP contribution in [0.1, 0.15) is 23.0 Å². The molecule has 0 radical (unpaired) electrons. The Bertz CT molecular complexity index is 828. The molecule has 3 rings (SSSR count). The van der Waals surface area contributed by atoms with E-state index in [2.05, 4.69) is 19.9 Å². The number of ether oxygens (including phenoxy) is 1. The summed E-state index contributed by atoms with van der Waals surface area (Å²) in [6.45, 7) is 0.320. The minimum absolute atomic E-state index is 0.0771. The van der Waals surface area contributed by atoms with Gasteiger partial charge < -0.3 is 9.26 Å². The molecule has 0 amide bonds. The molecule has 0 aliphatic heterocycles. The number of hydrogen-bond donors (Lipinski definition) is 0. The summed E-state index contributed by atoms with van der Waals surface area (Å²) in [6, 6.07) is 8.03. The van der Waals surface area contributed by atoms with Gasteiger partial charge in [-0.3, -0.25) is 0 Å². The molecular weight excluding hydrogens is 355 g/mol. The average molecular weight is 369 g/mol. The third-order valence-electron chi connectivity index (χ3n) is 3.19. The van der Waals surface area contributed by atoms with Crippen molar-refractivity contribution in [3.05, 3.63) is 52.6 Å². The fourth-order valence-electron chi connectivity index (χ4n) is 2.05. The van der Waals surface area contributed by atoms with E-state index in [1.165, 1.54) is 16.9 Å². The van der Waals surface area contributed by atoms with Gasteiger partial charge in [0.05, 0.1) is 12.1 Å². The van der Waals surface area contributed by atoms with E-state index in [1.54, 1.807) is 0 Å². The van der Waals surface area contributed by atoms with E-state index in [9.17, 15) is 13.2 Å². The van der Waals surface area contributed by atoms with Crippen LogP contribution in [-0.4, -0.2) is 27.9 Å². The maximum atomic E-state index is 12.0. The first-order chi connectivity index (χ1) is 11.9. The lowest BCUT2D eigenvalue weighted by atomic mass is 10.2. The van der Waals surface area contributed by atoms with Crippen LogP contribution in [0.15, 0.2) is 34.2 Å². The molecule has 2 aromatic heterocycles. The molecule has 0 saturated carbocycles. The van der Waals surface area contributed by atoms with Gasteiger partial charge >= 0.3 is 6.18 Å². The minimum atomic E-state index is -4.38. The molecule has 9 heteroatoms. The van der Waals surface area contributed by atoms with Crippen LogP contribution in [0.2, 0.25) is 0 Å². The van der Waals surface area contributed by atoms with E-state index < -0.39 is 12.8 Å². The number of alkyl halides is 3. The Morgan fingerprint density at radius 2 is 1.92 bits per heavy atom. The monoisotopic (exact) mass is 369 g/mol. The second-order valence-corrected chi connectivity index (χ2v) is 6.26. The lowest BCUT2D eigenvalue weighted by Crippen LogP contribution is -2.16. The molecule has 0 saturated heterocycles. The van der Waals surface area contributed by atoms with Crippen molar-refractivity contribution in [1.82, 2.24) is 15.1 Å². The summed E-state index contributed by atoms with van der Waals surface area (Å²) in [7, 11) is 0. The van der Waals surface area contributed by atoms with E-state index in [0.29, 0.717) is 6.42 Å². The summed E-state index contributed by atoms with van der Waals surface area (Å²) in [6.07, 6.45) is -4.06. The van der Waals surface area contributed by atoms with E-state index in [4.69, 9.17) is 4.52 Å². The first-order valence-corrected chi connectivity index (χ1v) is 8.24. The molecule has 0 atom stereocenters. The molecule has 0 bridgehead atoms. The van der Waals surface area contributed by atoms with Gasteiger partial charge in [0.25, 0.3) is 0 Å². The lowest BCUT2D eigenvalue weighted by molar-refractivity contribution is -0.177. The van der Waals surface area contributed by atoms with Crippen molar-refractivity contribution >= 4 is 11.3 Å². The number of aryl methyl sites for hydroxylation is 1. The Morgan fingerprint density at radius 1 is 1.16 bits per heavy atom. The van der Waals surface area contributed by atoms with Gasteiger partial charge in [-0.15, -0.1) is 11.3 Å². The van der Waals surface area contributed by atoms with Crippen molar-refractivity contribution in [1.29, 1.82) is 0 Å². The van der Waals surface area contributed by atoms with Gasteiger partial charge in [0.1, 0.15) is 18.2 Å². The van der Waals surface area contributed by atoms with E-state index >= 15 is 0 Å². The van der Waals surface area contributed by atoms with Gasteiger partial charge in [-0.05, 0) is 6.92 Å². The molecule has 2 heterocycles. The van der Waals surface area contributed by atoms with Crippen LogP contribution in [-0.2, 0) is 17.8 Å². The number of hydrogen-bond acceptors (Lipinski definition) is 6. The zero-order valence-corrected chi connectivity index (χ0v) is 14.0. The SMILES string of the molecule is Cc1ccc(-c2nc(Cc3nc(COCC(F)(F)F)no3)cs2)cc1. The van der Waals surface area contributed by atoms with Crippen molar-refractivity contribution < 1.29 is 22.4 Å². The highest BCUT2D eigenvalue weighted by molar-refractivity contribution is 7.13. The van der Waals surface area contributed by atoms with Crippen LogP contribution in [0.4, 0.5) is 13.2 Å². The molecule has 0 unspecified atom stereocenters. The zero-order valence-electron chi connectivity index (χ0n) is 13.2. The Balaban J connectivity index is 1.59. The first kappa shape index (κ1) is 17.6. The molecule has 0 aliphatic rings. The minimum Gasteiger partial charge on any atom is -0.364 e. The third-order valence-corrected chi connectivity index (χ3v) is 4.13. The molecule has 0 N–H and O–H groups in total. The molecule has 25 heavy (non-hydrogen) atoms. The normalized spacial score (nSPS) is 11.8. The van der Waals surface area contributed by atoms with Crippen LogP contribution in [0.5, 0.6) is 0 Å². The highest BCUT2D eigenvalue weighted by Gasteiger charge is 2.27. The van der Waals surface area contributed by atoms with Gasteiger partial charge in [-0.2, -0.15) is 18.2 Å². The Morgan fingerprint density at radius 3 is 2.64 bits per heavy atom. The largest absolute Gasteiger partial charge is 0.411 e. The van der Waals surface area contributed by atoms with Crippen LogP contribution < -0.4 is 0 Å². The Labute approximate surface area is 145 Å². The number of thiazole rings is 1. The Hall–Kier alpha value is -2.26. The van der Waals surface area contributed by atoms with Gasteiger partial charge in [0.2, 0.25) is 5.89 Å². The fraction of sp³-hybridized carbons (Fsp3) is 0.312. The lowest BCUT2D eigenvalue weighted by Gasteiger charge is -2.04. The molecule has 0 aliphatic carbocycles. The van der Waals surface area contributed by atoms with Gasteiger partial charge in [0.15, 0.2) is 5.82 Å². The molecule has 0 fully saturated rings. The van der Waals surface area contributed by atoms with Gasteiger partial charge in [0, 0.05) is 10.9 Å². The maximum absolute atomic E-state index is 12.0. The number of aromatic nitrogens is 3. The van der Waals surface area contributed by atoms with E-state index in [0.717, 1.165) is 16.3 Å². The molecule has 5 nitrogen and oxygen atoms in total. The fourth-order valence-corrected chi connectivity index (χ4v) is 2.88. The summed E-state index contributed by atoms with van der Waals surface area (Å²) in [5.41, 5.74) is 2.95. The van der Waals surface area contributed by atoms with E-state index in [-0.39, 0.29) is 18.3 Å². The van der Waals surface area contributed by atoms with E-state index in [1.807, 2.05) is 36.6 Å². The molecular formula is C16H14F3N3O2S. The van der Waals surface area contributed by atoms with Crippen molar-refractivity contribution in [2.45, 2.75) is 26.1 Å². The number of rotatable bonds is 6. The van der Waals surface area contributed by atoms with Crippen LogP contribution in [0.3, 0.4) is 0 Å². The summed E-state index contributed by atoms with van der Waals surface area (Å²) < 4.78 is 45.6. The third kappa shape index (κ3) is 5.10. The maximum Gasteiger partial charge on any atom is 0.411 e. The molecule has 1 aromatic carbocycles. The second kappa shape index (κ2) is 7.32. The predicted molar refractivity (Wildman–Crippen MR) is 85.1 cm³/mol. The van der Waals surface area contributed by atoms with Crippen molar-refractivity contribution in [2.75, 3.05) is 6.61 Å². The average Bonchev–Trinajstić information content (AvgIpc) is 3.17. The smallest absolute Gasteiger partial charge is 0.364 e. The standard InChI is InChI=1S/C16H14F3N3O2S/c1-10-2-4-11(5-3-10)15-20-12(8-25-15)6-14-21-13(22-24-14)7-23-9-16(17,18)19/h2-5,8H,6-7,9H2,1H3. The number of halogens is 3. The van der Waals surface area contributed by atoms with Crippen LogP contribution in [0, 0.1) is 6.92 Å². The molecule has 132 valence electrons. The predicted octanol–water partition coefficient (Wildman–Crippen LogP) is 4.17. The van der Waals surface area contributed by atoms with Crippen molar-refractivity contribution in [3.63, 3.8) is 0 Å². The molecule has 0 spiro atoms.